The number of carbonyl (C=O) groups is 2. The van der Waals surface area contributed by atoms with Crippen LogP contribution in [0.25, 0.3) is 0 Å². The molecule has 0 radical (unpaired) electrons. The number of esters is 1. The van der Waals surface area contributed by atoms with Crippen molar-refractivity contribution in [3.8, 4) is 0 Å². The number of phosphoric acid groups is 1. The van der Waals surface area contributed by atoms with Crippen LogP contribution >= 0.6 is 7.82 Å². The van der Waals surface area contributed by atoms with Crippen LogP contribution in [-0.4, -0.2) is 60.5 Å². The standard InChI is InChI=1S/C36H68NO9P/c1-3-5-7-9-11-13-15-16-17-18-19-21-23-25-27-29-43-30-33(31-44-47(41,42)45-32-34(37)36(39)40)46-35(38)28-26-24-22-20-14-12-10-8-6-4-2/h8,10,15-16,33-34H,3-7,9,11-14,17-32,37H2,1-2H3,(H,39,40)(H,41,42)/b10-8-,16-15-. The van der Waals surface area contributed by atoms with Gasteiger partial charge in [0.15, 0.2) is 0 Å². The van der Waals surface area contributed by atoms with Crippen LogP contribution in [0, 0.1) is 0 Å². The topological polar surface area (TPSA) is 155 Å². The Hall–Kier alpha value is -1.55. The van der Waals surface area contributed by atoms with Gasteiger partial charge in [-0.05, 0) is 57.8 Å². The van der Waals surface area contributed by atoms with Gasteiger partial charge in [0, 0.05) is 13.0 Å². The number of aliphatic carboxylic acids is 1. The van der Waals surface area contributed by atoms with Gasteiger partial charge in [-0.3, -0.25) is 18.6 Å². The molecule has 0 spiro atoms. The van der Waals surface area contributed by atoms with Crippen molar-refractivity contribution in [1.82, 2.24) is 0 Å². The molecule has 0 heterocycles. The van der Waals surface area contributed by atoms with Gasteiger partial charge >= 0.3 is 19.8 Å². The van der Waals surface area contributed by atoms with Gasteiger partial charge in [0.2, 0.25) is 0 Å². The summed E-state index contributed by atoms with van der Waals surface area (Å²) in [4.78, 5) is 33.3. The highest BCUT2D eigenvalue weighted by Crippen LogP contribution is 2.43. The minimum absolute atomic E-state index is 0.0108. The Labute approximate surface area is 285 Å². The number of carboxylic acid groups (broad SMARTS) is 1. The fourth-order valence-electron chi connectivity index (χ4n) is 4.78. The molecule has 10 nitrogen and oxygen atoms in total. The maximum absolute atomic E-state index is 12.5. The summed E-state index contributed by atoms with van der Waals surface area (Å²) in [6.07, 6.45) is 32.4. The molecule has 0 aliphatic carbocycles. The van der Waals surface area contributed by atoms with E-state index >= 15 is 0 Å². The van der Waals surface area contributed by atoms with E-state index in [2.05, 4.69) is 42.7 Å². The van der Waals surface area contributed by atoms with Gasteiger partial charge in [0.25, 0.3) is 0 Å². The molecular formula is C36H68NO9P. The summed E-state index contributed by atoms with van der Waals surface area (Å²) < 4.78 is 33.1. The molecule has 0 saturated heterocycles. The third-order valence-electron chi connectivity index (χ3n) is 7.68. The fraction of sp³-hybridized carbons (Fsp3) is 0.833. The lowest BCUT2D eigenvalue weighted by Gasteiger charge is -2.20. The van der Waals surface area contributed by atoms with E-state index in [1.807, 2.05) is 0 Å². The summed E-state index contributed by atoms with van der Waals surface area (Å²) in [5.74, 6) is -1.79. The molecule has 276 valence electrons. The molecule has 3 atom stereocenters. The maximum atomic E-state index is 12.5. The first-order valence-electron chi connectivity index (χ1n) is 18.4. The van der Waals surface area contributed by atoms with E-state index in [0.717, 1.165) is 70.6 Å². The Kier molecular flexibility index (Phi) is 31.9. The van der Waals surface area contributed by atoms with Crippen molar-refractivity contribution < 1.29 is 42.7 Å². The number of rotatable bonds is 35. The zero-order chi connectivity index (χ0) is 34.9. The lowest BCUT2D eigenvalue weighted by atomic mass is 10.1. The molecule has 0 saturated carbocycles. The number of hydrogen-bond acceptors (Lipinski definition) is 8. The molecule has 0 aromatic rings. The first kappa shape index (κ1) is 45.5. The Morgan fingerprint density at radius 2 is 1.15 bits per heavy atom. The third kappa shape index (κ3) is 32.8. The molecular weight excluding hydrogens is 621 g/mol. The second kappa shape index (κ2) is 33.0. The van der Waals surface area contributed by atoms with Crippen LogP contribution in [0.4, 0.5) is 0 Å². The highest BCUT2D eigenvalue weighted by atomic mass is 31.2. The van der Waals surface area contributed by atoms with Crippen molar-refractivity contribution in [2.75, 3.05) is 26.4 Å². The zero-order valence-corrected chi connectivity index (χ0v) is 30.5. The van der Waals surface area contributed by atoms with Crippen LogP contribution in [0.3, 0.4) is 0 Å². The summed E-state index contributed by atoms with van der Waals surface area (Å²) >= 11 is 0. The largest absolute Gasteiger partial charge is 0.480 e. The average Bonchev–Trinajstić information content (AvgIpc) is 3.04. The normalized spacial score (nSPS) is 14.5. The first-order chi connectivity index (χ1) is 22.7. The quantitative estimate of drug-likeness (QED) is 0.0254. The Morgan fingerprint density at radius 1 is 0.660 bits per heavy atom. The fourth-order valence-corrected chi connectivity index (χ4v) is 5.55. The summed E-state index contributed by atoms with van der Waals surface area (Å²) in [7, 11) is -4.61. The molecule has 4 N–H and O–H groups in total. The number of allylic oxidation sites excluding steroid dienone is 4. The SMILES string of the molecule is CCC/C=C\CCCCCCCC(=O)OC(COCCCCCCCC/C=C\CCCCCCC)COP(=O)(O)OCC(N)C(=O)O. The second-order valence-corrected chi connectivity index (χ2v) is 13.8. The number of ether oxygens (including phenoxy) is 2. The number of carboxylic acids is 1. The monoisotopic (exact) mass is 689 g/mol. The van der Waals surface area contributed by atoms with E-state index in [-0.39, 0.29) is 13.0 Å². The molecule has 0 aromatic carbocycles. The summed E-state index contributed by atoms with van der Waals surface area (Å²) in [5.41, 5.74) is 5.33. The molecule has 3 unspecified atom stereocenters. The molecule has 0 aromatic heterocycles. The van der Waals surface area contributed by atoms with Gasteiger partial charge < -0.3 is 25.2 Å². The van der Waals surface area contributed by atoms with Gasteiger partial charge in [-0.1, -0.05) is 115 Å². The Morgan fingerprint density at radius 3 is 1.70 bits per heavy atom. The summed E-state index contributed by atoms with van der Waals surface area (Å²) in [6, 6.07) is -1.47. The number of unbranched alkanes of at least 4 members (excludes halogenated alkanes) is 17. The van der Waals surface area contributed by atoms with E-state index in [9.17, 15) is 19.0 Å². The van der Waals surface area contributed by atoms with Crippen LogP contribution < -0.4 is 5.73 Å². The van der Waals surface area contributed by atoms with Crippen LogP contribution in [0.2, 0.25) is 0 Å². The summed E-state index contributed by atoms with van der Waals surface area (Å²) in [5, 5.41) is 8.85. The van der Waals surface area contributed by atoms with Gasteiger partial charge in [-0.25, -0.2) is 4.57 Å². The van der Waals surface area contributed by atoms with Crippen LogP contribution in [-0.2, 0) is 32.7 Å². The van der Waals surface area contributed by atoms with Crippen LogP contribution in [0.5, 0.6) is 0 Å². The van der Waals surface area contributed by atoms with Gasteiger partial charge in [0.05, 0.1) is 19.8 Å². The Balaban J connectivity index is 4.31. The predicted octanol–water partition coefficient (Wildman–Crippen LogP) is 9.19. The van der Waals surface area contributed by atoms with Gasteiger partial charge in [-0.2, -0.15) is 0 Å². The van der Waals surface area contributed by atoms with Crippen molar-refractivity contribution in [1.29, 1.82) is 0 Å². The number of phosphoric ester groups is 1. The maximum Gasteiger partial charge on any atom is 0.472 e. The minimum atomic E-state index is -4.61. The highest BCUT2D eigenvalue weighted by Gasteiger charge is 2.27. The van der Waals surface area contributed by atoms with E-state index in [1.165, 1.54) is 57.8 Å². The Bertz CT molecular complexity index is 852. The predicted molar refractivity (Wildman–Crippen MR) is 189 cm³/mol. The third-order valence-corrected chi connectivity index (χ3v) is 8.63. The van der Waals surface area contributed by atoms with Gasteiger partial charge in [-0.15, -0.1) is 0 Å². The minimum Gasteiger partial charge on any atom is -0.480 e. The van der Waals surface area contributed by atoms with Crippen molar-refractivity contribution in [3.63, 3.8) is 0 Å². The molecule has 0 aliphatic rings. The van der Waals surface area contributed by atoms with Crippen molar-refractivity contribution >= 4 is 19.8 Å². The van der Waals surface area contributed by atoms with Gasteiger partial charge in [0.1, 0.15) is 12.1 Å². The van der Waals surface area contributed by atoms with Crippen LogP contribution in [0.15, 0.2) is 24.3 Å². The van der Waals surface area contributed by atoms with E-state index in [0.29, 0.717) is 13.0 Å². The van der Waals surface area contributed by atoms with E-state index in [4.69, 9.17) is 24.8 Å². The highest BCUT2D eigenvalue weighted by molar-refractivity contribution is 7.47. The van der Waals surface area contributed by atoms with Crippen molar-refractivity contribution in [3.05, 3.63) is 24.3 Å². The van der Waals surface area contributed by atoms with Crippen LogP contribution in [0.1, 0.15) is 155 Å². The average molecular weight is 690 g/mol. The van der Waals surface area contributed by atoms with Crippen molar-refractivity contribution in [2.45, 2.75) is 167 Å². The molecule has 47 heavy (non-hydrogen) atoms. The summed E-state index contributed by atoms with van der Waals surface area (Å²) in [6.45, 7) is 3.77. The zero-order valence-electron chi connectivity index (χ0n) is 29.6. The second-order valence-electron chi connectivity index (χ2n) is 12.3. The molecule has 0 amide bonds. The van der Waals surface area contributed by atoms with Crippen molar-refractivity contribution in [2.24, 2.45) is 5.73 Å². The number of nitrogens with two attached hydrogens (primary N) is 1. The molecule has 11 heteroatoms. The molecule has 0 rings (SSSR count). The molecule has 0 fully saturated rings. The lowest BCUT2D eigenvalue weighted by molar-refractivity contribution is -0.154. The van der Waals surface area contributed by atoms with E-state index < -0.39 is 45.1 Å². The lowest BCUT2D eigenvalue weighted by Crippen LogP contribution is -2.34. The first-order valence-corrected chi connectivity index (χ1v) is 19.9. The number of carbonyl (C=O) groups excluding carboxylic acids is 1. The molecule has 0 bridgehead atoms. The molecule has 0 aliphatic heterocycles. The smallest absolute Gasteiger partial charge is 0.472 e. The van der Waals surface area contributed by atoms with E-state index in [1.54, 1.807) is 0 Å². The number of hydrogen-bond donors (Lipinski definition) is 3.